The van der Waals surface area contributed by atoms with Crippen molar-refractivity contribution in [3.05, 3.63) is 58.3 Å². The van der Waals surface area contributed by atoms with Gasteiger partial charge in [-0.15, -0.1) is 35.3 Å². The molecule has 0 aliphatic rings. The summed E-state index contributed by atoms with van der Waals surface area (Å²) in [5, 5.41) is 8.66. The van der Waals surface area contributed by atoms with E-state index < -0.39 is 0 Å². The lowest BCUT2D eigenvalue weighted by atomic mass is 10.2. The van der Waals surface area contributed by atoms with Crippen molar-refractivity contribution in [3.63, 3.8) is 0 Å². The predicted octanol–water partition coefficient (Wildman–Crippen LogP) is 3.29. The molecule has 0 spiro atoms. The summed E-state index contributed by atoms with van der Waals surface area (Å²) in [6, 6.07) is 14.4. The quantitative estimate of drug-likeness (QED) is 0.284. The van der Waals surface area contributed by atoms with Gasteiger partial charge >= 0.3 is 0 Å². The molecule has 126 valence electrons. The van der Waals surface area contributed by atoms with Crippen LogP contribution in [0.2, 0.25) is 0 Å². The third-order valence-corrected chi connectivity index (χ3v) is 4.05. The van der Waals surface area contributed by atoms with E-state index >= 15 is 0 Å². The Morgan fingerprint density at radius 1 is 1.09 bits per heavy atom. The fourth-order valence-corrected chi connectivity index (χ4v) is 2.69. The van der Waals surface area contributed by atoms with Gasteiger partial charge in [-0.05, 0) is 23.4 Å². The largest absolute Gasteiger partial charge is 0.375 e. The summed E-state index contributed by atoms with van der Waals surface area (Å²) in [6.45, 7) is 2.92. The second-order valence-electron chi connectivity index (χ2n) is 4.79. The maximum Gasteiger partial charge on any atom is 0.191 e. The molecule has 0 saturated heterocycles. The van der Waals surface area contributed by atoms with Crippen molar-refractivity contribution < 1.29 is 4.74 Å². The number of halogens is 1. The second kappa shape index (κ2) is 12.3. The fraction of sp³-hybridized carbons (Fsp3) is 0.353. The summed E-state index contributed by atoms with van der Waals surface area (Å²) in [6.07, 6.45) is 1.02. The predicted molar refractivity (Wildman–Crippen MR) is 109 cm³/mol. The Labute approximate surface area is 159 Å². The zero-order valence-corrected chi connectivity index (χ0v) is 16.5. The molecule has 0 unspecified atom stereocenters. The van der Waals surface area contributed by atoms with E-state index in [9.17, 15) is 0 Å². The minimum atomic E-state index is 0. The first-order chi connectivity index (χ1) is 10.9. The van der Waals surface area contributed by atoms with E-state index in [-0.39, 0.29) is 24.0 Å². The number of benzene rings is 1. The van der Waals surface area contributed by atoms with Crippen LogP contribution in [0.3, 0.4) is 0 Å². The van der Waals surface area contributed by atoms with Crippen molar-refractivity contribution in [2.45, 2.75) is 13.0 Å². The van der Waals surface area contributed by atoms with E-state index in [2.05, 4.69) is 45.3 Å². The van der Waals surface area contributed by atoms with Crippen LogP contribution in [0, 0.1) is 0 Å². The Hall–Kier alpha value is -1.12. The van der Waals surface area contributed by atoms with Crippen molar-refractivity contribution in [1.29, 1.82) is 0 Å². The lowest BCUT2D eigenvalue weighted by molar-refractivity contribution is 0.125. The third-order valence-electron chi connectivity index (χ3n) is 3.12. The van der Waals surface area contributed by atoms with Gasteiger partial charge in [-0.2, -0.15) is 0 Å². The van der Waals surface area contributed by atoms with E-state index in [1.54, 1.807) is 18.4 Å². The van der Waals surface area contributed by atoms with Gasteiger partial charge in [-0.1, -0.05) is 36.4 Å². The number of aliphatic imine (C=N–C) groups is 1. The average Bonchev–Trinajstić information content (AvgIpc) is 3.07. The Kier molecular flexibility index (Phi) is 10.7. The molecule has 0 aliphatic heterocycles. The maximum absolute atomic E-state index is 5.63. The van der Waals surface area contributed by atoms with Gasteiger partial charge < -0.3 is 15.4 Å². The van der Waals surface area contributed by atoms with Gasteiger partial charge in [0.2, 0.25) is 0 Å². The van der Waals surface area contributed by atoms with Gasteiger partial charge in [0.1, 0.15) is 0 Å². The van der Waals surface area contributed by atoms with Gasteiger partial charge in [0, 0.05) is 25.0 Å². The van der Waals surface area contributed by atoms with E-state index in [1.165, 1.54) is 10.4 Å². The van der Waals surface area contributed by atoms with Crippen LogP contribution in [0.1, 0.15) is 10.4 Å². The number of hydrogen-bond donors (Lipinski definition) is 2. The summed E-state index contributed by atoms with van der Waals surface area (Å²) >= 11 is 1.78. The molecule has 6 heteroatoms. The molecule has 0 aliphatic carbocycles. The Morgan fingerprint density at radius 3 is 2.57 bits per heavy atom. The number of nitrogens with zero attached hydrogens (tertiary/aromatic N) is 1. The van der Waals surface area contributed by atoms with Crippen LogP contribution in [-0.2, 0) is 17.8 Å². The molecule has 0 atom stereocenters. The molecule has 0 fully saturated rings. The highest BCUT2D eigenvalue weighted by Crippen LogP contribution is 2.07. The number of rotatable bonds is 8. The molecular formula is C17H24IN3OS. The van der Waals surface area contributed by atoms with E-state index in [0.29, 0.717) is 13.2 Å². The third kappa shape index (κ3) is 8.34. The first-order valence-electron chi connectivity index (χ1n) is 7.47. The summed E-state index contributed by atoms with van der Waals surface area (Å²) in [4.78, 5) is 5.59. The molecule has 4 nitrogen and oxygen atoms in total. The summed E-state index contributed by atoms with van der Waals surface area (Å²) in [5.41, 5.74) is 1.20. The second-order valence-corrected chi connectivity index (χ2v) is 5.83. The molecule has 0 amide bonds. The molecule has 0 saturated carbocycles. The van der Waals surface area contributed by atoms with E-state index in [4.69, 9.17) is 4.74 Å². The van der Waals surface area contributed by atoms with Gasteiger partial charge in [0.15, 0.2) is 5.96 Å². The van der Waals surface area contributed by atoms with Crippen molar-refractivity contribution in [2.75, 3.05) is 26.7 Å². The Morgan fingerprint density at radius 2 is 1.87 bits per heavy atom. The van der Waals surface area contributed by atoms with Crippen LogP contribution in [-0.4, -0.2) is 32.7 Å². The maximum atomic E-state index is 5.63. The topological polar surface area (TPSA) is 45.7 Å². The van der Waals surface area contributed by atoms with Crippen LogP contribution in [0.25, 0.3) is 0 Å². The summed E-state index contributed by atoms with van der Waals surface area (Å²) < 4.78 is 5.63. The first kappa shape index (κ1) is 19.9. The van der Waals surface area contributed by atoms with E-state index in [1.807, 2.05) is 18.2 Å². The Bertz CT molecular complexity index is 546. The molecule has 0 radical (unpaired) electrons. The van der Waals surface area contributed by atoms with Crippen molar-refractivity contribution in [2.24, 2.45) is 4.99 Å². The number of thiophene rings is 1. The number of hydrogen-bond acceptors (Lipinski definition) is 3. The highest BCUT2D eigenvalue weighted by atomic mass is 127. The highest BCUT2D eigenvalue weighted by molar-refractivity contribution is 14.0. The van der Waals surface area contributed by atoms with Crippen LogP contribution < -0.4 is 10.6 Å². The monoisotopic (exact) mass is 445 g/mol. The minimum absolute atomic E-state index is 0. The van der Waals surface area contributed by atoms with Gasteiger partial charge in [0.05, 0.1) is 13.2 Å². The molecule has 2 aromatic rings. The number of nitrogens with one attached hydrogen (secondary N) is 2. The molecular weight excluding hydrogens is 421 g/mol. The molecule has 1 heterocycles. The van der Waals surface area contributed by atoms with Crippen molar-refractivity contribution in [3.8, 4) is 0 Å². The van der Waals surface area contributed by atoms with Crippen LogP contribution in [0.15, 0.2) is 52.8 Å². The zero-order valence-electron chi connectivity index (χ0n) is 13.3. The molecule has 1 aromatic heterocycles. The van der Waals surface area contributed by atoms with Crippen LogP contribution in [0.4, 0.5) is 0 Å². The van der Waals surface area contributed by atoms with Crippen LogP contribution in [0.5, 0.6) is 0 Å². The van der Waals surface area contributed by atoms with Gasteiger partial charge in [-0.25, -0.2) is 0 Å². The highest BCUT2D eigenvalue weighted by Gasteiger charge is 1.98. The lowest BCUT2D eigenvalue weighted by Gasteiger charge is -2.11. The molecule has 2 rings (SSSR count). The van der Waals surface area contributed by atoms with Crippen LogP contribution >= 0.6 is 35.3 Å². The van der Waals surface area contributed by atoms with Crippen molar-refractivity contribution >= 4 is 41.3 Å². The normalized spacial score (nSPS) is 10.9. The first-order valence-corrected chi connectivity index (χ1v) is 8.35. The smallest absolute Gasteiger partial charge is 0.191 e. The minimum Gasteiger partial charge on any atom is -0.375 e. The van der Waals surface area contributed by atoms with Gasteiger partial charge in [-0.3, -0.25) is 4.99 Å². The van der Waals surface area contributed by atoms with E-state index in [0.717, 1.165) is 25.5 Å². The number of ether oxygens (including phenoxy) is 1. The lowest BCUT2D eigenvalue weighted by Crippen LogP contribution is -2.39. The molecule has 1 aromatic carbocycles. The molecule has 2 N–H and O–H groups in total. The summed E-state index contributed by atoms with van der Waals surface area (Å²) in [7, 11) is 1.78. The molecule has 0 bridgehead atoms. The SMILES string of the molecule is CN=C(NCCOCc1ccccc1)NCCc1cccs1.I. The standard InChI is InChI=1S/C17H23N3OS.HI/c1-18-17(19-10-9-16-8-5-13-22-16)20-11-12-21-14-15-6-3-2-4-7-15;/h2-8,13H,9-12,14H2,1H3,(H2,18,19,20);1H. The number of guanidine groups is 1. The summed E-state index contributed by atoms with van der Waals surface area (Å²) in [5.74, 6) is 0.819. The molecule has 23 heavy (non-hydrogen) atoms. The van der Waals surface area contributed by atoms with Crippen molar-refractivity contribution in [1.82, 2.24) is 10.6 Å². The Balaban J connectivity index is 0.00000264. The van der Waals surface area contributed by atoms with Gasteiger partial charge in [0.25, 0.3) is 0 Å². The fourth-order valence-electron chi connectivity index (χ4n) is 1.99. The average molecular weight is 445 g/mol. The zero-order chi connectivity index (χ0) is 15.5.